The van der Waals surface area contributed by atoms with Crippen molar-refractivity contribution < 1.29 is 9.90 Å². The van der Waals surface area contributed by atoms with E-state index in [1.165, 1.54) is 16.5 Å². The summed E-state index contributed by atoms with van der Waals surface area (Å²) in [4.78, 5) is 15.8. The topological polar surface area (TPSA) is 50.2 Å². The maximum absolute atomic E-state index is 11.4. The van der Waals surface area contributed by atoms with Crippen molar-refractivity contribution in [3.05, 3.63) is 46.8 Å². The van der Waals surface area contributed by atoms with Crippen molar-refractivity contribution in [3.8, 4) is 0 Å². The summed E-state index contributed by atoms with van der Waals surface area (Å²) in [7, 11) is 0. The molecule has 2 aliphatic carbocycles. The summed E-state index contributed by atoms with van der Waals surface area (Å²) in [6.45, 7) is 2.23. The fourth-order valence-electron chi connectivity index (χ4n) is 3.89. The van der Waals surface area contributed by atoms with Crippen LogP contribution in [0.1, 0.15) is 48.8 Å². The molecule has 0 fully saturated rings. The first-order valence-corrected chi connectivity index (χ1v) is 7.51. The first-order valence-electron chi connectivity index (χ1n) is 7.51. The third-order valence-electron chi connectivity index (χ3n) is 4.85. The van der Waals surface area contributed by atoms with Gasteiger partial charge in [0.15, 0.2) is 0 Å². The number of hydrogen-bond acceptors (Lipinski definition) is 2. The lowest BCUT2D eigenvalue weighted by Gasteiger charge is -2.09. The molecule has 0 spiro atoms. The number of carboxylic acids is 1. The average Bonchev–Trinajstić information content (AvgIpc) is 3.06. The quantitative estimate of drug-likeness (QED) is 0.906. The number of aliphatic carboxylic acids is 1. The van der Waals surface area contributed by atoms with Crippen molar-refractivity contribution in [3.63, 3.8) is 0 Å². The summed E-state index contributed by atoms with van der Waals surface area (Å²) in [5, 5.41) is 11.8. The first kappa shape index (κ1) is 12.6. The van der Waals surface area contributed by atoms with Gasteiger partial charge in [-0.2, -0.15) is 0 Å². The van der Waals surface area contributed by atoms with E-state index in [1.54, 1.807) is 0 Å². The van der Waals surface area contributed by atoms with Crippen molar-refractivity contribution >= 4 is 22.3 Å². The largest absolute Gasteiger partial charge is 0.478 e. The van der Waals surface area contributed by atoms with E-state index >= 15 is 0 Å². The lowest BCUT2D eigenvalue weighted by atomic mass is 9.96. The van der Waals surface area contributed by atoms with Gasteiger partial charge in [-0.25, -0.2) is 4.79 Å². The number of aromatic nitrogens is 1. The summed E-state index contributed by atoms with van der Waals surface area (Å²) in [5.74, 6) is -0.262. The molecule has 2 aromatic rings. The highest BCUT2D eigenvalue weighted by Gasteiger charge is 2.25. The molecule has 1 atom stereocenters. The fourth-order valence-corrected chi connectivity index (χ4v) is 3.89. The van der Waals surface area contributed by atoms with E-state index < -0.39 is 5.97 Å². The smallest absolute Gasteiger partial charge is 0.331 e. The first-order chi connectivity index (χ1) is 10.1. The molecule has 1 aromatic heterocycles. The zero-order valence-electron chi connectivity index (χ0n) is 12.0. The third-order valence-corrected chi connectivity index (χ3v) is 4.85. The Morgan fingerprint density at radius 3 is 2.95 bits per heavy atom. The fraction of sp³-hybridized carbons (Fsp3) is 0.333. The number of benzene rings is 1. The van der Waals surface area contributed by atoms with Gasteiger partial charge < -0.3 is 5.11 Å². The van der Waals surface area contributed by atoms with Gasteiger partial charge in [0.05, 0.1) is 0 Å². The Hall–Kier alpha value is -2.16. The summed E-state index contributed by atoms with van der Waals surface area (Å²) >= 11 is 0. The van der Waals surface area contributed by atoms with Crippen LogP contribution in [0.5, 0.6) is 0 Å². The molecule has 0 saturated carbocycles. The Bertz CT molecular complexity index is 804. The molecule has 3 heteroatoms. The molecule has 21 heavy (non-hydrogen) atoms. The summed E-state index contributed by atoms with van der Waals surface area (Å²) in [5.41, 5.74) is 5.37. The lowest BCUT2D eigenvalue weighted by molar-refractivity contribution is -0.132. The normalized spacial score (nSPS) is 20.5. The minimum absolute atomic E-state index is 0.503. The molecule has 4 rings (SSSR count). The molecule has 0 radical (unpaired) electrons. The van der Waals surface area contributed by atoms with Crippen LogP contribution >= 0.6 is 0 Å². The molecule has 0 saturated heterocycles. The Morgan fingerprint density at radius 2 is 2.14 bits per heavy atom. The Balaban J connectivity index is 1.95. The van der Waals surface area contributed by atoms with Crippen molar-refractivity contribution in [2.45, 2.75) is 38.5 Å². The third kappa shape index (κ3) is 1.80. The number of carboxylic acid groups (broad SMARTS) is 1. The number of pyridine rings is 1. The van der Waals surface area contributed by atoms with Gasteiger partial charge in [0.2, 0.25) is 0 Å². The van der Waals surface area contributed by atoms with Crippen LogP contribution in [0.2, 0.25) is 0 Å². The number of carbonyl (C=O) groups is 1. The van der Waals surface area contributed by atoms with Crippen molar-refractivity contribution in [2.75, 3.05) is 0 Å². The van der Waals surface area contributed by atoms with Gasteiger partial charge in [0.25, 0.3) is 0 Å². The van der Waals surface area contributed by atoms with E-state index in [0.717, 1.165) is 35.8 Å². The summed E-state index contributed by atoms with van der Waals surface area (Å²) in [6.07, 6.45) is 7.41. The number of rotatable bonds is 2. The molecular weight excluding hydrogens is 262 g/mol. The number of nitrogens with zero attached hydrogens (tertiary/aromatic N) is 1. The highest BCUT2D eigenvalue weighted by Crippen LogP contribution is 2.41. The molecule has 2 aliphatic rings. The minimum Gasteiger partial charge on any atom is -0.478 e. The molecule has 1 N–H and O–H groups in total. The molecule has 0 aliphatic heterocycles. The Labute approximate surface area is 123 Å². The molecule has 106 valence electrons. The zero-order valence-corrected chi connectivity index (χ0v) is 12.0. The SMILES string of the molecule is CC1Cc2cc(C3=C(C(=O)O)CCC3)cc3cncc1c23. The Kier molecular flexibility index (Phi) is 2.64. The molecular formula is C18H17NO2. The van der Waals surface area contributed by atoms with E-state index in [0.29, 0.717) is 17.9 Å². The van der Waals surface area contributed by atoms with Crippen LogP contribution in [-0.2, 0) is 11.2 Å². The highest BCUT2D eigenvalue weighted by molar-refractivity contribution is 6.00. The second kappa shape index (κ2) is 4.42. The van der Waals surface area contributed by atoms with Crippen LogP contribution in [0.4, 0.5) is 0 Å². The predicted molar refractivity (Wildman–Crippen MR) is 82.3 cm³/mol. The maximum Gasteiger partial charge on any atom is 0.331 e. The van der Waals surface area contributed by atoms with Crippen LogP contribution in [-0.4, -0.2) is 16.1 Å². The van der Waals surface area contributed by atoms with Gasteiger partial charge in [-0.1, -0.05) is 13.0 Å². The van der Waals surface area contributed by atoms with Crippen LogP contribution in [0, 0.1) is 0 Å². The van der Waals surface area contributed by atoms with Gasteiger partial charge in [-0.15, -0.1) is 0 Å². The summed E-state index contributed by atoms with van der Waals surface area (Å²) in [6, 6.07) is 4.33. The molecule has 0 amide bonds. The molecule has 1 unspecified atom stereocenters. The molecule has 3 nitrogen and oxygen atoms in total. The van der Waals surface area contributed by atoms with E-state index in [4.69, 9.17) is 0 Å². The van der Waals surface area contributed by atoms with E-state index in [-0.39, 0.29) is 0 Å². The van der Waals surface area contributed by atoms with Crippen molar-refractivity contribution in [1.82, 2.24) is 4.98 Å². The average molecular weight is 279 g/mol. The molecule has 1 heterocycles. The van der Waals surface area contributed by atoms with Crippen LogP contribution < -0.4 is 0 Å². The van der Waals surface area contributed by atoms with Crippen LogP contribution in [0.3, 0.4) is 0 Å². The second-order valence-corrected chi connectivity index (χ2v) is 6.18. The standard InChI is InChI=1S/C18H17NO2/c1-10-5-12-6-11(14-3-2-4-15(14)18(20)21)7-13-8-19-9-16(10)17(12)13/h6-10H,2-5H2,1H3,(H,20,21). The maximum atomic E-state index is 11.4. The van der Waals surface area contributed by atoms with E-state index in [9.17, 15) is 9.90 Å². The van der Waals surface area contributed by atoms with Crippen molar-refractivity contribution in [1.29, 1.82) is 0 Å². The minimum atomic E-state index is -0.765. The second-order valence-electron chi connectivity index (χ2n) is 6.18. The Morgan fingerprint density at radius 1 is 1.29 bits per heavy atom. The monoisotopic (exact) mass is 279 g/mol. The number of hydrogen-bond donors (Lipinski definition) is 1. The van der Waals surface area contributed by atoms with Gasteiger partial charge in [-0.3, -0.25) is 4.98 Å². The van der Waals surface area contributed by atoms with Gasteiger partial charge >= 0.3 is 5.97 Å². The van der Waals surface area contributed by atoms with Crippen LogP contribution in [0.25, 0.3) is 16.3 Å². The predicted octanol–water partition coefficient (Wildman–Crippen LogP) is 3.92. The lowest BCUT2D eigenvalue weighted by Crippen LogP contribution is -2.00. The zero-order chi connectivity index (χ0) is 14.6. The molecule has 1 aromatic carbocycles. The number of allylic oxidation sites excluding steroid dienone is 1. The van der Waals surface area contributed by atoms with E-state index in [2.05, 4.69) is 24.0 Å². The highest BCUT2D eigenvalue weighted by atomic mass is 16.4. The van der Waals surface area contributed by atoms with Gasteiger partial charge in [0.1, 0.15) is 0 Å². The van der Waals surface area contributed by atoms with Crippen LogP contribution in [0.15, 0.2) is 30.1 Å². The van der Waals surface area contributed by atoms with Crippen molar-refractivity contribution in [2.24, 2.45) is 0 Å². The van der Waals surface area contributed by atoms with Gasteiger partial charge in [-0.05, 0) is 65.3 Å². The summed E-state index contributed by atoms with van der Waals surface area (Å²) < 4.78 is 0. The van der Waals surface area contributed by atoms with Gasteiger partial charge in [0, 0.05) is 23.4 Å². The molecule has 0 bridgehead atoms. The van der Waals surface area contributed by atoms with E-state index in [1.807, 2.05) is 12.4 Å².